The molecule has 94 valence electrons. The Morgan fingerprint density at radius 2 is 2.00 bits per heavy atom. The van der Waals surface area contributed by atoms with Crippen LogP contribution in [0.5, 0.6) is 0 Å². The second kappa shape index (κ2) is 4.70. The highest BCUT2D eigenvalue weighted by Gasteiger charge is 2.38. The summed E-state index contributed by atoms with van der Waals surface area (Å²) in [5.74, 6) is -1.20. The van der Waals surface area contributed by atoms with Crippen molar-refractivity contribution in [2.75, 3.05) is 7.11 Å². The maximum Gasteiger partial charge on any atom is 0.134 e. The van der Waals surface area contributed by atoms with Crippen molar-refractivity contribution in [2.24, 2.45) is 5.92 Å². The van der Waals surface area contributed by atoms with Crippen molar-refractivity contribution in [2.45, 2.75) is 32.0 Å². The smallest absolute Gasteiger partial charge is 0.134 e. The zero-order valence-electron chi connectivity index (χ0n) is 9.91. The third-order valence-corrected chi connectivity index (χ3v) is 3.29. The third-order valence-electron chi connectivity index (χ3n) is 3.29. The van der Waals surface area contributed by atoms with Crippen molar-refractivity contribution in [1.82, 2.24) is 0 Å². The van der Waals surface area contributed by atoms with Crippen molar-refractivity contribution in [3.63, 3.8) is 0 Å². The van der Waals surface area contributed by atoms with Crippen LogP contribution in [0.4, 0.5) is 8.78 Å². The van der Waals surface area contributed by atoms with E-state index in [1.54, 1.807) is 6.92 Å². The zero-order valence-corrected chi connectivity index (χ0v) is 9.91. The number of hydrogen-bond acceptors (Lipinski definition) is 2. The molecule has 0 aliphatic heterocycles. The van der Waals surface area contributed by atoms with Gasteiger partial charge in [-0.2, -0.15) is 0 Å². The van der Waals surface area contributed by atoms with E-state index in [1.165, 1.54) is 19.2 Å². The summed E-state index contributed by atoms with van der Waals surface area (Å²) in [5.41, 5.74) is 0.0508. The summed E-state index contributed by atoms with van der Waals surface area (Å²) in [6.45, 7) is 1.55. The lowest BCUT2D eigenvalue weighted by molar-refractivity contribution is -0.0291. The van der Waals surface area contributed by atoms with Crippen LogP contribution in [0.1, 0.15) is 30.1 Å². The average Bonchev–Trinajstić information content (AvgIpc) is 3.10. The molecule has 2 nitrogen and oxygen atoms in total. The van der Waals surface area contributed by atoms with Crippen LogP contribution in [-0.4, -0.2) is 18.3 Å². The molecular weight excluding hydrogens is 226 g/mol. The summed E-state index contributed by atoms with van der Waals surface area (Å²) >= 11 is 0. The molecule has 1 aliphatic rings. The van der Waals surface area contributed by atoms with Crippen LogP contribution in [0, 0.1) is 24.5 Å². The highest BCUT2D eigenvalue weighted by Crippen LogP contribution is 2.40. The minimum atomic E-state index is -1.24. The van der Waals surface area contributed by atoms with Crippen molar-refractivity contribution in [1.29, 1.82) is 0 Å². The lowest BCUT2D eigenvalue weighted by Gasteiger charge is -2.22. The molecular formula is C13H16F2O2. The molecule has 0 saturated heterocycles. The van der Waals surface area contributed by atoms with Gasteiger partial charge in [0.05, 0.1) is 11.7 Å². The number of halogens is 2. The second-order valence-electron chi connectivity index (χ2n) is 4.57. The van der Waals surface area contributed by atoms with Gasteiger partial charge in [0.2, 0.25) is 0 Å². The summed E-state index contributed by atoms with van der Waals surface area (Å²) in [6, 6.07) is 2.54. The molecule has 1 saturated carbocycles. The molecule has 2 atom stereocenters. The topological polar surface area (TPSA) is 29.5 Å². The molecule has 1 N–H and O–H groups in total. The lowest BCUT2D eigenvalue weighted by atomic mass is 9.98. The molecule has 1 fully saturated rings. The fourth-order valence-electron chi connectivity index (χ4n) is 2.12. The van der Waals surface area contributed by atoms with E-state index < -0.39 is 23.8 Å². The van der Waals surface area contributed by atoms with E-state index in [4.69, 9.17) is 4.74 Å². The summed E-state index contributed by atoms with van der Waals surface area (Å²) in [4.78, 5) is 0. The molecule has 1 aromatic rings. The number of benzene rings is 1. The number of aliphatic hydroxyl groups is 1. The largest absolute Gasteiger partial charge is 0.385 e. The molecule has 1 aliphatic carbocycles. The van der Waals surface area contributed by atoms with Crippen LogP contribution in [0.25, 0.3) is 0 Å². The Hall–Kier alpha value is -1.00. The predicted molar refractivity (Wildman–Crippen MR) is 59.6 cm³/mol. The van der Waals surface area contributed by atoms with E-state index in [2.05, 4.69) is 0 Å². The lowest BCUT2D eigenvalue weighted by Crippen LogP contribution is -2.25. The molecule has 0 spiro atoms. The maximum absolute atomic E-state index is 13.8. The van der Waals surface area contributed by atoms with Gasteiger partial charge < -0.3 is 9.84 Å². The number of aryl methyl sites for hydroxylation is 1. The van der Waals surface area contributed by atoms with Gasteiger partial charge in [-0.05, 0) is 37.3 Å². The highest BCUT2D eigenvalue weighted by molar-refractivity contribution is 5.29. The van der Waals surface area contributed by atoms with E-state index in [0.29, 0.717) is 5.56 Å². The first-order valence-corrected chi connectivity index (χ1v) is 5.71. The first-order chi connectivity index (χ1) is 8.06. The first-order valence-electron chi connectivity index (χ1n) is 5.71. The summed E-state index contributed by atoms with van der Waals surface area (Å²) in [6.07, 6.45) is 0.100. The van der Waals surface area contributed by atoms with Gasteiger partial charge in [0.1, 0.15) is 17.7 Å². The van der Waals surface area contributed by atoms with Crippen molar-refractivity contribution in [3.8, 4) is 0 Å². The number of hydrogen-bond donors (Lipinski definition) is 1. The fraction of sp³-hybridized carbons (Fsp3) is 0.538. The van der Waals surface area contributed by atoms with E-state index in [1.807, 2.05) is 0 Å². The van der Waals surface area contributed by atoms with Gasteiger partial charge in [-0.15, -0.1) is 0 Å². The van der Waals surface area contributed by atoms with Gasteiger partial charge >= 0.3 is 0 Å². The van der Waals surface area contributed by atoms with Gasteiger partial charge in [-0.25, -0.2) is 8.78 Å². The number of ether oxygens (including phenoxy) is 1. The molecule has 0 amide bonds. The first kappa shape index (κ1) is 12.5. The van der Waals surface area contributed by atoms with Gasteiger partial charge in [0, 0.05) is 7.11 Å². The van der Waals surface area contributed by atoms with E-state index in [9.17, 15) is 13.9 Å². The molecule has 0 heterocycles. The van der Waals surface area contributed by atoms with E-state index in [-0.39, 0.29) is 11.5 Å². The minimum absolute atomic E-state index is 0.203. The quantitative estimate of drug-likeness (QED) is 0.879. The summed E-state index contributed by atoms with van der Waals surface area (Å²) in [5, 5.41) is 10.1. The average molecular weight is 242 g/mol. The minimum Gasteiger partial charge on any atom is -0.385 e. The molecule has 17 heavy (non-hydrogen) atoms. The van der Waals surface area contributed by atoms with Crippen LogP contribution in [0.15, 0.2) is 12.1 Å². The fourth-order valence-corrected chi connectivity index (χ4v) is 2.12. The Balaban J connectivity index is 2.34. The van der Waals surface area contributed by atoms with Crippen LogP contribution >= 0.6 is 0 Å². The number of rotatable bonds is 4. The molecule has 2 unspecified atom stereocenters. The Morgan fingerprint density at radius 1 is 1.35 bits per heavy atom. The highest BCUT2D eigenvalue weighted by atomic mass is 19.1. The van der Waals surface area contributed by atoms with Gasteiger partial charge in [-0.3, -0.25) is 0 Å². The Kier molecular flexibility index (Phi) is 3.45. The van der Waals surface area contributed by atoms with E-state index >= 15 is 0 Å². The number of aliphatic hydroxyl groups excluding tert-OH is 1. The normalized spacial score (nSPS) is 19.1. The molecule has 0 radical (unpaired) electrons. The molecule has 4 heteroatoms. The van der Waals surface area contributed by atoms with Crippen LogP contribution in [0.3, 0.4) is 0 Å². The van der Waals surface area contributed by atoms with E-state index in [0.717, 1.165) is 12.8 Å². The molecule has 0 aromatic heterocycles. The Morgan fingerprint density at radius 3 is 2.53 bits per heavy atom. The van der Waals surface area contributed by atoms with Crippen molar-refractivity contribution >= 4 is 0 Å². The standard InChI is InChI=1S/C13H16F2O2/c1-7-3-6-9(14)10(11(7)15)12(16)13(17-2)8-4-5-8/h3,6,8,12-13,16H,4-5H2,1-2H3. The van der Waals surface area contributed by atoms with Crippen LogP contribution < -0.4 is 0 Å². The van der Waals surface area contributed by atoms with Gasteiger partial charge in [0.25, 0.3) is 0 Å². The summed E-state index contributed by atoms with van der Waals surface area (Å²) < 4.78 is 32.6. The Labute approximate surface area is 99.2 Å². The van der Waals surface area contributed by atoms with Crippen LogP contribution in [-0.2, 0) is 4.74 Å². The molecule has 1 aromatic carbocycles. The van der Waals surface area contributed by atoms with Crippen LogP contribution in [0.2, 0.25) is 0 Å². The van der Waals surface area contributed by atoms with Gasteiger partial charge in [0.15, 0.2) is 0 Å². The van der Waals surface area contributed by atoms with Crippen molar-refractivity contribution < 1.29 is 18.6 Å². The Bertz CT molecular complexity index is 416. The SMILES string of the molecule is COC(C1CC1)C(O)c1c(F)ccc(C)c1F. The van der Waals surface area contributed by atoms with Gasteiger partial charge in [-0.1, -0.05) is 6.07 Å². The number of methoxy groups -OCH3 is 1. The maximum atomic E-state index is 13.8. The van der Waals surface area contributed by atoms with Crippen molar-refractivity contribution in [3.05, 3.63) is 34.9 Å². The third kappa shape index (κ3) is 2.33. The predicted octanol–water partition coefficient (Wildman–Crippen LogP) is 2.73. The molecule has 0 bridgehead atoms. The monoisotopic (exact) mass is 242 g/mol. The molecule has 2 rings (SSSR count). The second-order valence-corrected chi connectivity index (χ2v) is 4.57. The summed E-state index contributed by atoms with van der Waals surface area (Å²) in [7, 11) is 1.46. The zero-order chi connectivity index (χ0) is 12.6.